The maximum absolute atomic E-state index is 13.4. The minimum Gasteiger partial charge on any atom is -0.449 e. The van der Waals surface area contributed by atoms with Crippen molar-refractivity contribution in [2.75, 3.05) is 5.32 Å². The molecule has 0 aliphatic heterocycles. The van der Waals surface area contributed by atoms with Crippen LogP contribution >= 0.6 is 11.6 Å². The Hall–Kier alpha value is -2.73. The molecule has 0 aliphatic rings. The smallest absolute Gasteiger partial charge is 0.331 e. The molecule has 0 fully saturated rings. The highest BCUT2D eigenvalue weighted by molar-refractivity contribution is 6.32. The number of hydrogen-bond acceptors (Lipinski definition) is 4. The molecule has 7 heteroatoms. The molecule has 1 N–H and O–H groups in total. The number of amides is 1. The van der Waals surface area contributed by atoms with Crippen LogP contribution in [0.25, 0.3) is 6.08 Å². The van der Waals surface area contributed by atoms with Crippen molar-refractivity contribution < 1.29 is 18.7 Å². The zero-order valence-electron chi connectivity index (χ0n) is 12.7. The predicted octanol–water partition coefficient (Wildman–Crippen LogP) is 3.46. The third-order valence-corrected chi connectivity index (χ3v) is 3.28. The first kappa shape index (κ1) is 17.6. The normalized spacial score (nSPS) is 12.0. The Labute approximate surface area is 143 Å². The third-order valence-electron chi connectivity index (χ3n) is 2.98. The number of nitrogens with one attached hydrogen (secondary N) is 1. The number of ether oxygens (including phenoxy) is 1. The summed E-state index contributed by atoms with van der Waals surface area (Å²) >= 11 is 5.83. The second-order valence-corrected chi connectivity index (χ2v) is 5.12. The zero-order chi connectivity index (χ0) is 17.5. The molecule has 1 amide bonds. The molecule has 1 aromatic heterocycles. The van der Waals surface area contributed by atoms with Crippen LogP contribution in [0.1, 0.15) is 12.5 Å². The van der Waals surface area contributed by atoms with Crippen molar-refractivity contribution in [2.45, 2.75) is 13.0 Å². The average Bonchev–Trinajstić information content (AvgIpc) is 2.56. The number of anilines is 1. The van der Waals surface area contributed by atoms with Crippen LogP contribution in [0.2, 0.25) is 5.15 Å². The molecule has 0 radical (unpaired) electrons. The van der Waals surface area contributed by atoms with Crippen molar-refractivity contribution >= 4 is 35.2 Å². The summed E-state index contributed by atoms with van der Waals surface area (Å²) in [6.07, 6.45) is 2.76. The third kappa shape index (κ3) is 4.89. The summed E-state index contributed by atoms with van der Waals surface area (Å²) in [5, 5.41) is 2.63. The molecule has 24 heavy (non-hydrogen) atoms. The standard InChI is InChI=1S/C17H14ClFN2O3/c1-11(17(23)21-14-7-4-10-20-16(14)18)24-15(22)9-8-12-5-2-3-6-13(12)19/h2-11H,1H3,(H,21,23)/b9-8+. The van der Waals surface area contributed by atoms with Crippen molar-refractivity contribution in [2.24, 2.45) is 0 Å². The van der Waals surface area contributed by atoms with Gasteiger partial charge in [0.15, 0.2) is 11.3 Å². The Balaban J connectivity index is 1.92. The summed E-state index contributed by atoms with van der Waals surface area (Å²) in [5.41, 5.74) is 0.558. The molecular weight excluding hydrogens is 335 g/mol. The topological polar surface area (TPSA) is 68.3 Å². The first-order chi connectivity index (χ1) is 11.5. The molecule has 5 nitrogen and oxygen atoms in total. The van der Waals surface area contributed by atoms with E-state index in [9.17, 15) is 14.0 Å². The quantitative estimate of drug-likeness (QED) is 0.510. The lowest BCUT2D eigenvalue weighted by Crippen LogP contribution is -2.29. The molecule has 2 aromatic rings. The molecule has 1 aromatic carbocycles. The minimum absolute atomic E-state index is 0.129. The van der Waals surface area contributed by atoms with E-state index in [-0.39, 0.29) is 10.7 Å². The number of rotatable bonds is 5. The predicted molar refractivity (Wildman–Crippen MR) is 88.9 cm³/mol. The van der Waals surface area contributed by atoms with Crippen LogP contribution in [0.15, 0.2) is 48.7 Å². The molecule has 0 spiro atoms. The first-order valence-corrected chi connectivity index (χ1v) is 7.40. The molecular formula is C17H14ClFN2O3. The second kappa shape index (κ2) is 8.21. The van der Waals surface area contributed by atoms with Gasteiger partial charge in [0.2, 0.25) is 0 Å². The summed E-state index contributed by atoms with van der Waals surface area (Å²) in [7, 11) is 0. The SMILES string of the molecule is CC(OC(=O)/C=C/c1ccccc1F)C(=O)Nc1cccnc1Cl. The van der Waals surface area contributed by atoms with Crippen molar-refractivity contribution in [1.29, 1.82) is 0 Å². The molecule has 1 unspecified atom stereocenters. The minimum atomic E-state index is -1.06. The van der Waals surface area contributed by atoms with E-state index in [1.54, 1.807) is 24.3 Å². The van der Waals surface area contributed by atoms with E-state index < -0.39 is 23.8 Å². The van der Waals surface area contributed by atoms with Crippen LogP contribution in [0.3, 0.4) is 0 Å². The van der Waals surface area contributed by atoms with Gasteiger partial charge in [0.1, 0.15) is 5.82 Å². The van der Waals surface area contributed by atoms with E-state index in [0.29, 0.717) is 5.69 Å². The number of pyridine rings is 1. The van der Waals surface area contributed by atoms with E-state index >= 15 is 0 Å². The van der Waals surface area contributed by atoms with Gasteiger partial charge >= 0.3 is 5.97 Å². The number of carbonyl (C=O) groups excluding carboxylic acids is 2. The average molecular weight is 349 g/mol. The van der Waals surface area contributed by atoms with Gasteiger partial charge in [-0.2, -0.15) is 0 Å². The fourth-order valence-corrected chi connectivity index (χ4v) is 1.92. The number of aromatic nitrogens is 1. The van der Waals surface area contributed by atoms with Crippen LogP contribution in [-0.2, 0) is 14.3 Å². The summed E-state index contributed by atoms with van der Waals surface area (Å²) in [6, 6.07) is 9.15. The Morgan fingerprint density at radius 3 is 2.75 bits per heavy atom. The molecule has 1 atom stereocenters. The number of halogens is 2. The molecule has 2 rings (SSSR count). The molecule has 0 bridgehead atoms. The highest BCUT2D eigenvalue weighted by Gasteiger charge is 2.17. The Kier molecular flexibility index (Phi) is 6.03. The van der Waals surface area contributed by atoms with Crippen LogP contribution in [-0.4, -0.2) is 23.0 Å². The number of carbonyl (C=O) groups is 2. The van der Waals surface area contributed by atoms with E-state index in [0.717, 1.165) is 6.08 Å². The van der Waals surface area contributed by atoms with Crippen molar-refractivity contribution in [3.05, 3.63) is 65.2 Å². The summed E-state index contributed by atoms with van der Waals surface area (Å²) in [5.74, 6) is -1.78. The van der Waals surface area contributed by atoms with Crippen molar-refractivity contribution in [1.82, 2.24) is 4.98 Å². The number of nitrogens with zero attached hydrogens (tertiary/aromatic N) is 1. The fourth-order valence-electron chi connectivity index (χ4n) is 1.75. The lowest BCUT2D eigenvalue weighted by Gasteiger charge is -2.12. The monoisotopic (exact) mass is 348 g/mol. The highest BCUT2D eigenvalue weighted by atomic mass is 35.5. The molecule has 0 saturated heterocycles. The largest absolute Gasteiger partial charge is 0.449 e. The highest BCUT2D eigenvalue weighted by Crippen LogP contribution is 2.17. The van der Waals surface area contributed by atoms with Gasteiger partial charge in [-0.1, -0.05) is 29.8 Å². The molecule has 0 aliphatic carbocycles. The van der Waals surface area contributed by atoms with E-state index in [2.05, 4.69) is 10.3 Å². The van der Waals surface area contributed by atoms with Gasteiger partial charge in [0.25, 0.3) is 5.91 Å². The van der Waals surface area contributed by atoms with Gasteiger partial charge < -0.3 is 10.1 Å². The van der Waals surface area contributed by atoms with Crippen molar-refractivity contribution in [3.8, 4) is 0 Å². The molecule has 124 valence electrons. The van der Waals surface area contributed by atoms with E-state index in [1.807, 2.05) is 0 Å². The van der Waals surface area contributed by atoms with Gasteiger partial charge in [0.05, 0.1) is 5.69 Å². The summed E-state index contributed by atoms with van der Waals surface area (Å²) in [4.78, 5) is 27.5. The van der Waals surface area contributed by atoms with E-state index in [4.69, 9.17) is 16.3 Å². The fraction of sp³-hybridized carbons (Fsp3) is 0.118. The summed E-state index contributed by atoms with van der Waals surface area (Å²) < 4.78 is 18.4. The van der Waals surface area contributed by atoms with Crippen LogP contribution in [0.5, 0.6) is 0 Å². The van der Waals surface area contributed by atoms with Gasteiger partial charge in [-0.3, -0.25) is 4.79 Å². The maximum atomic E-state index is 13.4. The second-order valence-electron chi connectivity index (χ2n) is 4.76. The van der Waals surface area contributed by atoms with Crippen LogP contribution in [0.4, 0.5) is 10.1 Å². The maximum Gasteiger partial charge on any atom is 0.331 e. The van der Waals surface area contributed by atoms with Crippen molar-refractivity contribution in [3.63, 3.8) is 0 Å². The van der Waals surface area contributed by atoms with Gasteiger partial charge in [-0.05, 0) is 31.2 Å². The lowest BCUT2D eigenvalue weighted by atomic mass is 10.2. The van der Waals surface area contributed by atoms with Gasteiger partial charge in [-0.15, -0.1) is 0 Å². The molecule has 1 heterocycles. The van der Waals surface area contributed by atoms with Crippen LogP contribution < -0.4 is 5.32 Å². The number of esters is 1. The Morgan fingerprint density at radius 2 is 2.04 bits per heavy atom. The van der Waals surface area contributed by atoms with Crippen LogP contribution in [0, 0.1) is 5.82 Å². The number of benzene rings is 1. The Morgan fingerprint density at radius 1 is 1.29 bits per heavy atom. The van der Waals surface area contributed by atoms with Gasteiger partial charge in [-0.25, -0.2) is 14.2 Å². The number of hydrogen-bond donors (Lipinski definition) is 1. The Bertz CT molecular complexity index is 780. The van der Waals surface area contributed by atoms with E-state index in [1.165, 1.54) is 31.3 Å². The summed E-state index contributed by atoms with van der Waals surface area (Å²) in [6.45, 7) is 1.41. The lowest BCUT2D eigenvalue weighted by molar-refractivity contribution is -0.148. The zero-order valence-corrected chi connectivity index (χ0v) is 13.5. The first-order valence-electron chi connectivity index (χ1n) is 7.02. The van der Waals surface area contributed by atoms with Gasteiger partial charge in [0, 0.05) is 17.8 Å². The molecule has 0 saturated carbocycles.